The smallest absolute Gasteiger partial charge is 0.0863 e. The molecule has 0 spiro atoms. The maximum Gasteiger partial charge on any atom is 0.0863 e. The maximum atomic E-state index is 10.6. The molecular weight excluding hydrogens is 208 g/mol. The van der Waals surface area contributed by atoms with Crippen LogP contribution in [0.2, 0.25) is 0 Å². The molecule has 1 heteroatoms. The third-order valence-corrected chi connectivity index (χ3v) is 3.00. The summed E-state index contributed by atoms with van der Waals surface area (Å²) in [5.74, 6) is 1.18. The van der Waals surface area contributed by atoms with E-state index in [-0.39, 0.29) is 10.8 Å². The van der Waals surface area contributed by atoms with Crippen molar-refractivity contribution in [1.82, 2.24) is 0 Å². The lowest BCUT2D eigenvalue weighted by Crippen LogP contribution is -2.35. The first-order valence-electron chi connectivity index (χ1n) is 6.25. The SMILES string of the molecule is CC(C)(C)[C](C(O)c1ccccc1)C(C)(C)C. The Morgan fingerprint density at radius 3 is 1.65 bits per heavy atom. The molecule has 0 aliphatic rings. The van der Waals surface area contributed by atoms with Crippen LogP contribution < -0.4 is 0 Å². The molecule has 0 fully saturated rings. The van der Waals surface area contributed by atoms with Crippen molar-refractivity contribution in [1.29, 1.82) is 0 Å². The van der Waals surface area contributed by atoms with Gasteiger partial charge in [-0.05, 0) is 16.4 Å². The molecule has 0 aliphatic carbocycles. The van der Waals surface area contributed by atoms with Crippen molar-refractivity contribution in [3.8, 4) is 0 Å². The Kier molecular flexibility index (Phi) is 4.03. The number of aliphatic hydroxyl groups is 1. The lowest BCUT2D eigenvalue weighted by atomic mass is 9.63. The van der Waals surface area contributed by atoms with Crippen LogP contribution in [0.15, 0.2) is 30.3 Å². The second-order valence-corrected chi connectivity index (χ2v) is 6.73. The molecule has 0 saturated heterocycles. The zero-order chi connectivity index (χ0) is 13.3. The Bertz CT molecular complexity index is 326. The first-order valence-corrected chi connectivity index (χ1v) is 6.25. The predicted octanol–water partition coefficient (Wildman–Crippen LogP) is 4.39. The van der Waals surface area contributed by atoms with E-state index in [1.807, 2.05) is 30.3 Å². The fraction of sp³-hybridized carbons (Fsp3) is 0.562. The van der Waals surface area contributed by atoms with E-state index >= 15 is 0 Å². The second-order valence-electron chi connectivity index (χ2n) is 6.73. The van der Waals surface area contributed by atoms with Gasteiger partial charge in [0.1, 0.15) is 0 Å². The molecule has 0 aliphatic heterocycles. The highest BCUT2D eigenvalue weighted by Gasteiger charge is 2.41. The molecule has 1 atom stereocenters. The van der Waals surface area contributed by atoms with Crippen LogP contribution in [0.25, 0.3) is 0 Å². The summed E-state index contributed by atoms with van der Waals surface area (Å²) >= 11 is 0. The highest BCUT2D eigenvalue weighted by Crippen LogP contribution is 2.49. The van der Waals surface area contributed by atoms with Gasteiger partial charge in [-0.3, -0.25) is 0 Å². The summed E-state index contributed by atoms with van der Waals surface area (Å²) in [5, 5.41) is 10.6. The van der Waals surface area contributed by atoms with Crippen molar-refractivity contribution in [3.63, 3.8) is 0 Å². The highest BCUT2D eigenvalue weighted by atomic mass is 16.3. The lowest BCUT2D eigenvalue weighted by Gasteiger charge is -2.43. The number of hydrogen-bond acceptors (Lipinski definition) is 1. The lowest BCUT2D eigenvalue weighted by molar-refractivity contribution is 0.100. The summed E-state index contributed by atoms with van der Waals surface area (Å²) in [6, 6.07) is 9.90. The van der Waals surface area contributed by atoms with Crippen LogP contribution >= 0.6 is 0 Å². The van der Waals surface area contributed by atoms with E-state index in [0.717, 1.165) is 5.56 Å². The van der Waals surface area contributed by atoms with Gasteiger partial charge in [-0.15, -0.1) is 0 Å². The van der Waals surface area contributed by atoms with Crippen LogP contribution in [-0.2, 0) is 0 Å². The summed E-state index contributed by atoms with van der Waals surface area (Å²) in [4.78, 5) is 0. The van der Waals surface area contributed by atoms with Crippen molar-refractivity contribution >= 4 is 0 Å². The molecule has 17 heavy (non-hydrogen) atoms. The number of rotatable bonds is 2. The molecule has 1 aromatic carbocycles. The van der Waals surface area contributed by atoms with Crippen LogP contribution in [0.3, 0.4) is 0 Å². The van der Waals surface area contributed by atoms with Gasteiger partial charge in [-0.25, -0.2) is 0 Å². The van der Waals surface area contributed by atoms with E-state index in [1.54, 1.807) is 0 Å². The average molecular weight is 233 g/mol. The zero-order valence-corrected chi connectivity index (χ0v) is 11.9. The van der Waals surface area contributed by atoms with E-state index in [9.17, 15) is 5.11 Å². The quantitative estimate of drug-likeness (QED) is 0.803. The average Bonchev–Trinajstić information content (AvgIpc) is 2.14. The van der Waals surface area contributed by atoms with Gasteiger partial charge < -0.3 is 5.11 Å². The van der Waals surface area contributed by atoms with Gasteiger partial charge in [0.15, 0.2) is 0 Å². The van der Waals surface area contributed by atoms with E-state index in [4.69, 9.17) is 0 Å². The van der Waals surface area contributed by atoms with Crippen molar-refractivity contribution in [2.75, 3.05) is 0 Å². The molecule has 1 aromatic rings. The molecule has 0 amide bonds. The molecule has 1 radical (unpaired) electrons. The van der Waals surface area contributed by atoms with Gasteiger partial charge in [-0.2, -0.15) is 0 Å². The first-order chi connectivity index (χ1) is 7.64. The zero-order valence-electron chi connectivity index (χ0n) is 11.9. The number of aliphatic hydroxyl groups excluding tert-OH is 1. The highest BCUT2D eigenvalue weighted by molar-refractivity contribution is 5.27. The molecule has 0 heterocycles. The topological polar surface area (TPSA) is 20.2 Å². The Labute approximate surface area is 106 Å². The fourth-order valence-corrected chi connectivity index (χ4v) is 2.75. The minimum atomic E-state index is -0.490. The minimum Gasteiger partial charge on any atom is -0.388 e. The summed E-state index contributed by atoms with van der Waals surface area (Å²) in [5.41, 5.74) is 0.966. The van der Waals surface area contributed by atoms with Gasteiger partial charge in [0.25, 0.3) is 0 Å². The number of hydrogen-bond donors (Lipinski definition) is 1. The van der Waals surface area contributed by atoms with Crippen LogP contribution in [0, 0.1) is 16.7 Å². The standard InChI is InChI=1S/C16H25O/c1-15(2,3)14(16(4,5)6)13(17)12-10-8-7-9-11-12/h7-11,13,17H,1-6H3. The molecule has 1 nitrogen and oxygen atoms in total. The Balaban J connectivity index is 3.09. The molecule has 0 saturated carbocycles. The molecule has 1 rings (SSSR count). The third kappa shape index (κ3) is 3.57. The van der Waals surface area contributed by atoms with E-state index in [1.165, 1.54) is 5.92 Å². The molecule has 1 unspecified atom stereocenters. The molecule has 0 bridgehead atoms. The molecular formula is C16H25O. The van der Waals surface area contributed by atoms with Gasteiger partial charge >= 0.3 is 0 Å². The molecule has 1 N–H and O–H groups in total. The summed E-state index contributed by atoms with van der Waals surface area (Å²) in [6.07, 6.45) is -0.490. The van der Waals surface area contributed by atoms with E-state index in [0.29, 0.717) is 0 Å². The Morgan fingerprint density at radius 1 is 0.882 bits per heavy atom. The summed E-state index contributed by atoms with van der Waals surface area (Å²) in [7, 11) is 0. The van der Waals surface area contributed by atoms with Crippen LogP contribution in [0.5, 0.6) is 0 Å². The molecule has 95 valence electrons. The fourth-order valence-electron chi connectivity index (χ4n) is 2.75. The second kappa shape index (κ2) is 4.81. The van der Waals surface area contributed by atoms with Crippen LogP contribution in [-0.4, -0.2) is 5.11 Å². The van der Waals surface area contributed by atoms with Crippen molar-refractivity contribution in [3.05, 3.63) is 41.8 Å². The van der Waals surface area contributed by atoms with Crippen molar-refractivity contribution in [2.45, 2.75) is 47.6 Å². The monoisotopic (exact) mass is 233 g/mol. The number of benzene rings is 1. The normalized spacial score (nSPS) is 15.1. The van der Waals surface area contributed by atoms with E-state index < -0.39 is 6.10 Å². The third-order valence-electron chi connectivity index (χ3n) is 3.00. The Morgan fingerprint density at radius 2 is 1.29 bits per heavy atom. The van der Waals surface area contributed by atoms with Gasteiger partial charge in [0.2, 0.25) is 0 Å². The van der Waals surface area contributed by atoms with Crippen molar-refractivity contribution in [2.24, 2.45) is 10.8 Å². The van der Waals surface area contributed by atoms with Crippen LogP contribution in [0.4, 0.5) is 0 Å². The van der Waals surface area contributed by atoms with Gasteiger partial charge in [0.05, 0.1) is 6.10 Å². The Hall–Kier alpha value is -0.820. The summed E-state index contributed by atoms with van der Waals surface area (Å²) in [6.45, 7) is 13.0. The van der Waals surface area contributed by atoms with Crippen molar-refractivity contribution < 1.29 is 5.11 Å². The van der Waals surface area contributed by atoms with Gasteiger partial charge in [0, 0.05) is 5.92 Å². The minimum absolute atomic E-state index is 0.00644. The van der Waals surface area contributed by atoms with Crippen LogP contribution in [0.1, 0.15) is 53.2 Å². The largest absolute Gasteiger partial charge is 0.388 e. The maximum absolute atomic E-state index is 10.6. The van der Waals surface area contributed by atoms with E-state index in [2.05, 4.69) is 41.5 Å². The van der Waals surface area contributed by atoms with Gasteiger partial charge in [-0.1, -0.05) is 71.9 Å². The predicted molar refractivity (Wildman–Crippen MR) is 73.6 cm³/mol. The summed E-state index contributed by atoms with van der Waals surface area (Å²) < 4.78 is 0. The molecule has 0 aromatic heterocycles. The first kappa shape index (κ1) is 14.2.